The minimum Gasteiger partial charge on any atom is -0.317 e. The Morgan fingerprint density at radius 2 is 2.27 bits per heavy atom. The summed E-state index contributed by atoms with van der Waals surface area (Å²) in [7, 11) is 1.72. The van der Waals surface area contributed by atoms with Crippen molar-refractivity contribution in [2.24, 2.45) is 7.05 Å². The Bertz CT molecular complexity index is 699. The zero-order valence-corrected chi connectivity index (χ0v) is 12.6. The van der Waals surface area contributed by atoms with Crippen LogP contribution in [0.4, 0.5) is 15.1 Å². The molecule has 1 unspecified atom stereocenters. The number of nitrogens with zero attached hydrogens (tertiary/aromatic N) is 4. The van der Waals surface area contributed by atoms with E-state index in [1.54, 1.807) is 18.0 Å². The molecule has 1 saturated heterocycles. The summed E-state index contributed by atoms with van der Waals surface area (Å²) in [5.74, 6) is 0.154. The van der Waals surface area contributed by atoms with Gasteiger partial charge in [-0.15, -0.1) is 0 Å². The second-order valence-electron chi connectivity index (χ2n) is 5.49. The lowest BCUT2D eigenvalue weighted by Crippen LogP contribution is -2.35. The molecule has 0 spiro atoms. The van der Waals surface area contributed by atoms with Gasteiger partial charge in [0.05, 0.1) is 6.04 Å². The molecule has 1 fully saturated rings. The van der Waals surface area contributed by atoms with Gasteiger partial charge in [-0.1, -0.05) is 6.07 Å². The highest BCUT2D eigenvalue weighted by Crippen LogP contribution is 2.34. The first-order chi connectivity index (χ1) is 10.6. The molecule has 1 aliphatic heterocycles. The standard InChI is InChI=1S/C15H18FN5O/c1-10-8-11(16)5-6-12(10)13-4-3-7-21(13)15(22)19-14-17-9-18-20(14)2/h5-6,8-9,13H,3-4,7H2,1-2H3,(H,17,18,19,22). The smallest absolute Gasteiger partial charge is 0.317 e. The summed E-state index contributed by atoms with van der Waals surface area (Å²) in [6.45, 7) is 2.54. The van der Waals surface area contributed by atoms with E-state index in [1.165, 1.54) is 23.1 Å². The van der Waals surface area contributed by atoms with Crippen molar-refractivity contribution in [2.75, 3.05) is 11.9 Å². The van der Waals surface area contributed by atoms with E-state index >= 15 is 0 Å². The zero-order chi connectivity index (χ0) is 15.7. The van der Waals surface area contributed by atoms with Gasteiger partial charge >= 0.3 is 6.03 Å². The van der Waals surface area contributed by atoms with Crippen LogP contribution in [0, 0.1) is 12.7 Å². The molecule has 1 aromatic heterocycles. The molecular weight excluding hydrogens is 285 g/mol. The van der Waals surface area contributed by atoms with Crippen LogP contribution in [0.25, 0.3) is 0 Å². The monoisotopic (exact) mass is 303 g/mol. The second kappa shape index (κ2) is 5.75. The number of aryl methyl sites for hydroxylation is 2. The molecule has 0 bridgehead atoms. The highest BCUT2D eigenvalue weighted by Gasteiger charge is 2.31. The fourth-order valence-corrected chi connectivity index (χ4v) is 2.92. The van der Waals surface area contributed by atoms with Crippen LogP contribution >= 0.6 is 0 Å². The van der Waals surface area contributed by atoms with Crippen LogP contribution in [-0.4, -0.2) is 32.2 Å². The third-order valence-electron chi connectivity index (χ3n) is 4.03. The summed E-state index contributed by atoms with van der Waals surface area (Å²) in [4.78, 5) is 18.3. The van der Waals surface area contributed by atoms with Crippen molar-refractivity contribution in [1.29, 1.82) is 0 Å². The molecule has 1 atom stereocenters. The van der Waals surface area contributed by atoms with Gasteiger partial charge in [0, 0.05) is 13.6 Å². The third-order valence-corrected chi connectivity index (χ3v) is 4.03. The molecule has 2 amide bonds. The molecule has 0 saturated carbocycles. The van der Waals surface area contributed by atoms with Gasteiger partial charge in [-0.2, -0.15) is 10.1 Å². The number of carbonyl (C=O) groups excluding carboxylic acids is 1. The van der Waals surface area contributed by atoms with E-state index in [-0.39, 0.29) is 17.9 Å². The van der Waals surface area contributed by atoms with Gasteiger partial charge in [-0.25, -0.2) is 13.9 Å². The van der Waals surface area contributed by atoms with E-state index in [4.69, 9.17) is 0 Å². The summed E-state index contributed by atoms with van der Waals surface area (Å²) in [6, 6.07) is 4.48. The summed E-state index contributed by atoms with van der Waals surface area (Å²) < 4.78 is 14.8. The molecule has 0 radical (unpaired) electrons. The Kier molecular flexibility index (Phi) is 3.79. The lowest BCUT2D eigenvalue weighted by molar-refractivity contribution is 0.206. The van der Waals surface area contributed by atoms with Gasteiger partial charge in [0.1, 0.15) is 12.1 Å². The SMILES string of the molecule is Cc1cc(F)ccc1C1CCCN1C(=O)Nc1ncnn1C. The minimum atomic E-state index is -0.255. The van der Waals surface area contributed by atoms with E-state index in [1.807, 2.05) is 6.92 Å². The summed E-state index contributed by atoms with van der Waals surface area (Å²) >= 11 is 0. The van der Waals surface area contributed by atoms with Crippen LogP contribution in [0.2, 0.25) is 0 Å². The summed E-state index contributed by atoms with van der Waals surface area (Å²) in [5.41, 5.74) is 1.86. The third kappa shape index (κ3) is 2.66. The maximum Gasteiger partial charge on any atom is 0.324 e. The highest BCUT2D eigenvalue weighted by atomic mass is 19.1. The van der Waals surface area contributed by atoms with E-state index in [2.05, 4.69) is 15.4 Å². The van der Waals surface area contributed by atoms with Crippen LogP contribution in [0.1, 0.15) is 30.0 Å². The number of hydrogen-bond donors (Lipinski definition) is 1. The van der Waals surface area contributed by atoms with Gasteiger partial charge in [-0.3, -0.25) is 5.32 Å². The average molecular weight is 303 g/mol. The first kappa shape index (κ1) is 14.5. The number of benzene rings is 1. The molecule has 1 aromatic carbocycles. The van der Waals surface area contributed by atoms with Crippen LogP contribution < -0.4 is 5.32 Å². The first-order valence-electron chi connectivity index (χ1n) is 7.24. The average Bonchev–Trinajstić information content (AvgIpc) is 3.09. The van der Waals surface area contributed by atoms with Gasteiger partial charge in [0.2, 0.25) is 5.95 Å². The van der Waals surface area contributed by atoms with Crippen molar-refractivity contribution in [2.45, 2.75) is 25.8 Å². The maximum atomic E-state index is 13.3. The number of nitrogens with one attached hydrogen (secondary N) is 1. The fraction of sp³-hybridized carbons (Fsp3) is 0.400. The first-order valence-corrected chi connectivity index (χ1v) is 7.24. The molecule has 2 heterocycles. The van der Waals surface area contributed by atoms with Crippen LogP contribution in [0.15, 0.2) is 24.5 Å². The number of aromatic nitrogens is 3. The molecular formula is C15H18FN5O. The molecule has 2 aromatic rings. The number of rotatable bonds is 2. The molecule has 116 valence electrons. The van der Waals surface area contributed by atoms with Gasteiger partial charge in [0.15, 0.2) is 0 Å². The lowest BCUT2D eigenvalue weighted by Gasteiger charge is -2.26. The van der Waals surface area contributed by atoms with Crippen LogP contribution in [0.5, 0.6) is 0 Å². The number of likely N-dealkylation sites (tertiary alicyclic amines) is 1. The topological polar surface area (TPSA) is 63.1 Å². The normalized spacial score (nSPS) is 17.8. The van der Waals surface area contributed by atoms with Crippen LogP contribution in [-0.2, 0) is 7.05 Å². The lowest BCUT2D eigenvalue weighted by atomic mass is 9.99. The Morgan fingerprint density at radius 3 is 2.95 bits per heavy atom. The number of anilines is 1. The number of amides is 2. The van der Waals surface area contributed by atoms with Gasteiger partial charge in [-0.05, 0) is 43.0 Å². The second-order valence-corrected chi connectivity index (χ2v) is 5.49. The number of carbonyl (C=O) groups is 1. The Balaban J connectivity index is 1.81. The highest BCUT2D eigenvalue weighted by molar-refractivity contribution is 5.88. The van der Waals surface area contributed by atoms with Crippen molar-refractivity contribution in [3.8, 4) is 0 Å². The van der Waals surface area contributed by atoms with E-state index in [0.717, 1.165) is 24.0 Å². The van der Waals surface area contributed by atoms with Crippen molar-refractivity contribution in [3.63, 3.8) is 0 Å². The van der Waals surface area contributed by atoms with Crippen LogP contribution in [0.3, 0.4) is 0 Å². The van der Waals surface area contributed by atoms with E-state index in [0.29, 0.717) is 12.5 Å². The number of hydrogen-bond acceptors (Lipinski definition) is 3. The van der Waals surface area contributed by atoms with E-state index < -0.39 is 0 Å². The number of halogens is 1. The van der Waals surface area contributed by atoms with Crippen molar-refractivity contribution in [3.05, 3.63) is 41.5 Å². The van der Waals surface area contributed by atoms with Crippen molar-refractivity contribution in [1.82, 2.24) is 19.7 Å². The van der Waals surface area contributed by atoms with Gasteiger partial charge < -0.3 is 4.90 Å². The molecule has 1 aliphatic rings. The molecule has 22 heavy (non-hydrogen) atoms. The predicted octanol–water partition coefficient (Wildman–Crippen LogP) is 2.63. The Morgan fingerprint density at radius 1 is 1.45 bits per heavy atom. The fourth-order valence-electron chi connectivity index (χ4n) is 2.92. The quantitative estimate of drug-likeness (QED) is 0.927. The molecule has 1 N–H and O–H groups in total. The predicted molar refractivity (Wildman–Crippen MR) is 79.8 cm³/mol. The molecule has 6 nitrogen and oxygen atoms in total. The van der Waals surface area contributed by atoms with E-state index in [9.17, 15) is 9.18 Å². The largest absolute Gasteiger partial charge is 0.324 e. The summed E-state index contributed by atoms with van der Waals surface area (Å²) in [6.07, 6.45) is 3.19. The summed E-state index contributed by atoms with van der Waals surface area (Å²) in [5, 5.41) is 6.69. The van der Waals surface area contributed by atoms with Gasteiger partial charge in [0.25, 0.3) is 0 Å². The molecule has 7 heteroatoms. The van der Waals surface area contributed by atoms with Crippen molar-refractivity contribution >= 4 is 12.0 Å². The molecule has 3 rings (SSSR count). The number of urea groups is 1. The zero-order valence-electron chi connectivity index (χ0n) is 12.6. The molecule has 0 aliphatic carbocycles. The van der Waals surface area contributed by atoms with Crippen molar-refractivity contribution < 1.29 is 9.18 Å². The Hall–Kier alpha value is -2.44. The maximum absolute atomic E-state index is 13.3. The Labute approximate surface area is 128 Å². The minimum absolute atomic E-state index is 0.0335.